The van der Waals surface area contributed by atoms with Crippen LogP contribution in [-0.2, 0) is 4.79 Å². The average molecular weight is 264 g/mol. The quantitative estimate of drug-likeness (QED) is 0.881. The number of carbonyl (C=O) groups excluding carboxylic acids is 1. The van der Waals surface area contributed by atoms with Crippen LogP contribution in [0.15, 0.2) is 18.2 Å². The fraction of sp³-hybridized carbons (Fsp3) is 0.562. The van der Waals surface area contributed by atoms with E-state index in [0.717, 1.165) is 29.9 Å². The van der Waals surface area contributed by atoms with Crippen LogP contribution < -0.4 is 5.32 Å². The molecule has 0 bridgehead atoms. The van der Waals surface area contributed by atoms with Gasteiger partial charge in [0.15, 0.2) is 0 Å². The van der Waals surface area contributed by atoms with E-state index in [4.69, 9.17) is 0 Å². The Morgan fingerprint density at radius 2 is 1.58 bits per heavy atom. The molecule has 19 heavy (non-hydrogen) atoms. The lowest BCUT2D eigenvalue weighted by Crippen LogP contribution is -2.33. The molecular formula is C16H28N2O. The molecule has 108 valence electrons. The Morgan fingerprint density at radius 1 is 1.11 bits per heavy atom. The van der Waals surface area contributed by atoms with E-state index in [9.17, 15) is 4.79 Å². The number of anilines is 1. The van der Waals surface area contributed by atoms with Gasteiger partial charge in [-0.25, -0.2) is 0 Å². The van der Waals surface area contributed by atoms with Gasteiger partial charge in [-0.15, -0.1) is 0 Å². The van der Waals surface area contributed by atoms with Gasteiger partial charge < -0.3 is 5.32 Å². The minimum absolute atomic E-state index is 0.0612. The Bertz CT molecular complexity index is 364. The van der Waals surface area contributed by atoms with Crippen molar-refractivity contribution in [2.75, 3.05) is 25.0 Å². The number of para-hydroxylation sites is 1. The maximum absolute atomic E-state index is 11.9. The van der Waals surface area contributed by atoms with E-state index < -0.39 is 0 Å². The zero-order valence-corrected chi connectivity index (χ0v) is 13.2. The molecule has 1 rings (SSSR count). The standard InChI is InChI=1S/C14H22N2O.C2H6/c1-5-16(6-2)10-13(17)15-14-11(3)8-7-9-12(14)4;1-2/h7-9H,5-6,10H2,1-4H3,(H,15,17);1-2H3. The van der Waals surface area contributed by atoms with Crippen molar-refractivity contribution in [1.82, 2.24) is 4.90 Å². The summed E-state index contributed by atoms with van der Waals surface area (Å²) in [6, 6.07) is 6.03. The van der Waals surface area contributed by atoms with Crippen LogP contribution in [0, 0.1) is 13.8 Å². The van der Waals surface area contributed by atoms with E-state index in [1.54, 1.807) is 0 Å². The summed E-state index contributed by atoms with van der Waals surface area (Å²) in [6.07, 6.45) is 0. The molecule has 0 aliphatic carbocycles. The van der Waals surface area contributed by atoms with Gasteiger partial charge in [0.25, 0.3) is 0 Å². The number of likely N-dealkylation sites (N-methyl/N-ethyl adjacent to an activating group) is 1. The fourth-order valence-electron chi connectivity index (χ4n) is 1.84. The van der Waals surface area contributed by atoms with Crippen molar-refractivity contribution < 1.29 is 4.79 Å². The minimum atomic E-state index is 0.0612. The zero-order valence-electron chi connectivity index (χ0n) is 13.2. The normalized spacial score (nSPS) is 9.84. The van der Waals surface area contributed by atoms with Gasteiger partial charge in [0, 0.05) is 5.69 Å². The Balaban J connectivity index is 0.00000154. The third-order valence-corrected chi connectivity index (χ3v) is 3.01. The van der Waals surface area contributed by atoms with Crippen LogP contribution in [0.5, 0.6) is 0 Å². The molecule has 1 aromatic rings. The second kappa shape index (κ2) is 9.56. The summed E-state index contributed by atoms with van der Waals surface area (Å²) >= 11 is 0. The second-order valence-corrected chi connectivity index (χ2v) is 4.28. The summed E-state index contributed by atoms with van der Waals surface area (Å²) in [5.74, 6) is 0.0612. The topological polar surface area (TPSA) is 32.3 Å². The van der Waals surface area contributed by atoms with E-state index in [1.165, 1.54) is 0 Å². The summed E-state index contributed by atoms with van der Waals surface area (Å²) < 4.78 is 0. The number of nitrogens with zero attached hydrogens (tertiary/aromatic N) is 1. The van der Waals surface area contributed by atoms with Gasteiger partial charge in [-0.2, -0.15) is 0 Å². The molecule has 0 aliphatic rings. The maximum Gasteiger partial charge on any atom is 0.238 e. The second-order valence-electron chi connectivity index (χ2n) is 4.28. The first-order valence-corrected chi connectivity index (χ1v) is 7.16. The van der Waals surface area contributed by atoms with Gasteiger partial charge in [0.2, 0.25) is 5.91 Å². The fourth-order valence-corrected chi connectivity index (χ4v) is 1.84. The smallest absolute Gasteiger partial charge is 0.238 e. The van der Waals surface area contributed by atoms with Crippen molar-refractivity contribution in [3.05, 3.63) is 29.3 Å². The number of benzene rings is 1. The van der Waals surface area contributed by atoms with Crippen LogP contribution in [0.1, 0.15) is 38.8 Å². The lowest BCUT2D eigenvalue weighted by atomic mass is 10.1. The molecule has 0 spiro atoms. The highest BCUT2D eigenvalue weighted by Crippen LogP contribution is 2.19. The molecule has 1 aromatic carbocycles. The van der Waals surface area contributed by atoms with E-state index in [0.29, 0.717) is 6.54 Å². The minimum Gasteiger partial charge on any atom is -0.324 e. The molecule has 1 amide bonds. The van der Waals surface area contributed by atoms with Crippen LogP contribution in [0.2, 0.25) is 0 Å². The highest BCUT2D eigenvalue weighted by Gasteiger charge is 2.09. The first-order valence-electron chi connectivity index (χ1n) is 7.16. The molecule has 0 atom stereocenters. The third-order valence-electron chi connectivity index (χ3n) is 3.01. The van der Waals surface area contributed by atoms with E-state index >= 15 is 0 Å². The third kappa shape index (κ3) is 5.88. The van der Waals surface area contributed by atoms with Crippen molar-refractivity contribution in [2.45, 2.75) is 41.5 Å². The lowest BCUT2D eigenvalue weighted by Gasteiger charge is -2.18. The van der Waals surface area contributed by atoms with Crippen LogP contribution in [0.3, 0.4) is 0 Å². The van der Waals surface area contributed by atoms with Gasteiger partial charge in [-0.3, -0.25) is 9.69 Å². The van der Waals surface area contributed by atoms with Crippen LogP contribution in [0.4, 0.5) is 5.69 Å². The van der Waals surface area contributed by atoms with E-state index in [2.05, 4.69) is 24.1 Å². The number of rotatable bonds is 5. The predicted octanol–water partition coefficient (Wildman–Crippen LogP) is 3.61. The molecule has 0 radical (unpaired) electrons. The zero-order chi connectivity index (χ0) is 14.8. The maximum atomic E-state index is 11.9. The van der Waals surface area contributed by atoms with Crippen molar-refractivity contribution in [3.8, 4) is 0 Å². The van der Waals surface area contributed by atoms with Gasteiger partial charge in [-0.05, 0) is 38.1 Å². The first-order chi connectivity index (χ1) is 9.08. The highest BCUT2D eigenvalue weighted by atomic mass is 16.2. The number of hydrogen-bond donors (Lipinski definition) is 1. The predicted molar refractivity (Wildman–Crippen MR) is 83.7 cm³/mol. The van der Waals surface area contributed by atoms with Gasteiger partial charge >= 0.3 is 0 Å². The van der Waals surface area contributed by atoms with Crippen LogP contribution >= 0.6 is 0 Å². The molecule has 0 aromatic heterocycles. The Morgan fingerprint density at radius 3 is 2.00 bits per heavy atom. The lowest BCUT2D eigenvalue weighted by molar-refractivity contribution is -0.117. The van der Waals surface area contributed by atoms with Crippen LogP contribution in [-0.4, -0.2) is 30.4 Å². The molecule has 1 N–H and O–H groups in total. The molecule has 0 heterocycles. The van der Waals surface area contributed by atoms with Crippen molar-refractivity contribution >= 4 is 11.6 Å². The van der Waals surface area contributed by atoms with Gasteiger partial charge in [0.1, 0.15) is 0 Å². The summed E-state index contributed by atoms with van der Waals surface area (Å²) in [4.78, 5) is 14.0. The summed E-state index contributed by atoms with van der Waals surface area (Å²) in [5, 5.41) is 3.00. The molecule has 0 unspecified atom stereocenters. The van der Waals surface area contributed by atoms with Crippen molar-refractivity contribution in [1.29, 1.82) is 0 Å². The summed E-state index contributed by atoms with van der Waals surface area (Å²) in [7, 11) is 0. The molecule has 0 aliphatic heterocycles. The summed E-state index contributed by atoms with van der Waals surface area (Å²) in [6.45, 7) is 14.4. The Kier molecular flexibility index (Phi) is 8.88. The molecule has 0 saturated carbocycles. The van der Waals surface area contributed by atoms with E-state index in [-0.39, 0.29) is 5.91 Å². The van der Waals surface area contributed by atoms with Crippen LogP contribution in [0.25, 0.3) is 0 Å². The molecular weight excluding hydrogens is 236 g/mol. The van der Waals surface area contributed by atoms with Crippen molar-refractivity contribution in [2.24, 2.45) is 0 Å². The molecule has 0 fully saturated rings. The average Bonchev–Trinajstić information content (AvgIpc) is 2.42. The molecule has 3 nitrogen and oxygen atoms in total. The van der Waals surface area contributed by atoms with Gasteiger partial charge in [0.05, 0.1) is 6.54 Å². The first kappa shape index (κ1) is 17.6. The molecule has 0 saturated heterocycles. The number of carbonyl (C=O) groups is 1. The largest absolute Gasteiger partial charge is 0.324 e. The number of aryl methyl sites for hydroxylation is 2. The summed E-state index contributed by atoms with van der Waals surface area (Å²) in [5.41, 5.74) is 3.17. The van der Waals surface area contributed by atoms with E-state index in [1.807, 2.05) is 45.9 Å². The Hall–Kier alpha value is -1.35. The monoisotopic (exact) mass is 264 g/mol. The number of nitrogens with one attached hydrogen (secondary N) is 1. The van der Waals surface area contributed by atoms with Gasteiger partial charge in [-0.1, -0.05) is 45.9 Å². The SMILES string of the molecule is CC.CCN(CC)CC(=O)Nc1c(C)cccc1C. The number of amides is 1. The highest BCUT2D eigenvalue weighted by molar-refractivity contribution is 5.93. The molecule has 3 heteroatoms. The van der Waals surface area contributed by atoms with Crippen molar-refractivity contribution in [3.63, 3.8) is 0 Å². The number of hydrogen-bond acceptors (Lipinski definition) is 2. The Labute approximate surface area is 118 Å².